The van der Waals surface area contributed by atoms with E-state index in [9.17, 15) is 0 Å². The second kappa shape index (κ2) is 29.6. The summed E-state index contributed by atoms with van der Waals surface area (Å²) in [5.74, 6) is 0. The first kappa shape index (κ1) is 60.7. The van der Waals surface area contributed by atoms with Gasteiger partial charge in [0.25, 0.3) is 0 Å². The Kier molecular flexibility index (Phi) is 20.4. The molecule has 0 saturated heterocycles. The van der Waals surface area contributed by atoms with Crippen LogP contribution in [0.2, 0.25) is 0 Å². The van der Waals surface area contributed by atoms with E-state index in [1.165, 1.54) is 139 Å². The molecule has 0 atom stereocenters. The van der Waals surface area contributed by atoms with Crippen molar-refractivity contribution < 1.29 is 0 Å². The monoisotopic (exact) mass is 1150 g/mol. The number of hydrogen-bond acceptors (Lipinski definition) is 2. The van der Waals surface area contributed by atoms with Gasteiger partial charge in [-0.25, -0.2) is 0 Å². The van der Waals surface area contributed by atoms with E-state index in [-0.39, 0.29) is 0 Å². The van der Waals surface area contributed by atoms with Gasteiger partial charge in [0.05, 0.1) is 0 Å². The highest BCUT2D eigenvalue weighted by molar-refractivity contribution is 5.87. The van der Waals surface area contributed by atoms with Crippen LogP contribution in [-0.4, -0.2) is 0 Å². The summed E-state index contributed by atoms with van der Waals surface area (Å²) in [7, 11) is 0. The highest BCUT2D eigenvalue weighted by Crippen LogP contribution is 2.44. The molecule has 0 aromatic heterocycles. The predicted octanol–water partition coefficient (Wildman–Crippen LogP) is 25.4. The molecule has 0 spiro atoms. The number of hydrogen-bond donors (Lipinski definition) is 0. The zero-order chi connectivity index (χ0) is 60.6. The van der Waals surface area contributed by atoms with E-state index in [0.29, 0.717) is 0 Å². The molecule has 0 aliphatic heterocycles. The Morgan fingerprint density at radius 2 is 0.511 bits per heavy atom. The molecule has 0 radical (unpaired) electrons. The molecule has 0 amide bonds. The van der Waals surface area contributed by atoms with Gasteiger partial charge in [0, 0.05) is 34.1 Å². The Morgan fingerprint density at radius 1 is 0.227 bits per heavy atom. The Hall–Kier alpha value is -8.98. The molecule has 0 saturated carbocycles. The summed E-state index contributed by atoms with van der Waals surface area (Å²) < 4.78 is 0. The van der Waals surface area contributed by atoms with Gasteiger partial charge in [0.15, 0.2) is 0 Å². The lowest BCUT2D eigenvalue weighted by Gasteiger charge is -2.28. The number of unbranched alkanes of at least 4 members (excludes halogenated alkanes) is 6. The van der Waals surface area contributed by atoms with Gasteiger partial charge >= 0.3 is 0 Å². The summed E-state index contributed by atoms with van der Waals surface area (Å²) in [5, 5.41) is 0. The van der Waals surface area contributed by atoms with E-state index in [1.54, 1.807) is 0 Å². The van der Waals surface area contributed by atoms with Gasteiger partial charge < -0.3 is 9.80 Å². The molecular weight excluding hydrogens is 1060 g/mol. The van der Waals surface area contributed by atoms with Crippen LogP contribution in [0, 0.1) is 13.8 Å². The van der Waals surface area contributed by atoms with E-state index in [1.807, 2.05) is 0 Å². The molecule has 0 N–H and O–H groups in total. The third-order valence-corrected chi connectivity index (χ3v) is 17.8. The first-order valence-electron chi connectivity index (χ1n) is 33.0. The van der Waals surface area contributed by atoms with Crippen LogP contribution >= 0.6 is 0 Å². The second-order valence-electron chi connectivity index (χ2n) is 24.3. The van der Waals surface area contributed by atoms with Crippen molar-refractivity contribution in [2.24, 2.45) is 0 Å². The molecule has 11 aromatic carbocycles. The Balaban J connectivity index is 0.975. The van der Waals surface area contributed by atoms with Crippen molar-refractivity contribution in [1.82, 2.24) is 0 Å². The first-order chi connectivity index (χ1) is 43.3. The molecule has 442 valence electrons. The molecule has 0 heterocycles. The van der Waals surface area contributed by atoms with Crippen LogP contribution in [0.1, 0.15) is 125 Å². The van der Waals surface area contributed by atoms with Gasteiger partial charge in [0.1, 0.15) is 0 Å². The first-order valence-corrected chi connectivity index (χ1v) is 33.0. The van der Waals surface area contributed by atoms with Crippen LogP contribution < -0.4 is 9.80 Å². The molecule has 0 aliphatic rings. The lowest BCUT2D eigenvalue weighted by molar-refractivity contribution is 0.664. The molecule has 0 bridgehead atoms. The average molecular weight is 1150 g/mol. The molecule has 2 nitrogen and oxygen atoms in total. The third-order valence-electron chi connectivity index (χ3n) is 17.8. The summed E-state index contributed by atoms with van der Waals surface area (Å²) in [6.07, 6.45) is 16.3. The molecule has 11 aromatic rings. The second-order valence-corrected chi connectivity index (χ2v) is 24.3. The van der Waals surface area contributed by atoms with Crippen molar-refractivity contribution in [3.63, 3.8) is 0 Å². The quantitative estimate of drug-likeness (QED) is 0.0499. The maximum absolute atomic E-state index is 2.61. The minimum absolute atomic E-state index is 1.04. The van der Waals surface area contributed by atoms with Gasteiger partial charge in [0.2, 0.25) is 0 Å². The van der Waals surface area contributed by atoms with Crippen molar-refractivity contribution >= 4 is 34.1 Å². The number of nitrogens with zero attached hydrogens (tertiary/aromatic N) is 2. The fraction of sp³-hybridized carbons (Fsp3) is 0.233. The zero-order valence-electron chi connectivity index (χ0n) is 53.0. The summed E-state index contributed by atoms with van der Waals surface area (Å²) in [5.41, 5.74) is 30.2. The number of benzene rings is 11. The van der Waals surface area contributed by atoms with Crippen LogP contribution in [0.3, 0.4) is 0 Å². The summed E-state index contributed by atoms with van der Waals surface area (Å²) in [6.45, 7) is 13.8. The Labute approximate surface area is 527 Å². The molecular formula is C86H88N2. The summed E-state index contributed by atoms with van der Waals surface area (Å²) in [6, 6.07) is 95.8. The molecule has 0 unspecified atom stereocenters. The van der Waals surface area contributed by atoms with Crippen molar-refractivity contribution in [2.75, 3.05) is 9.80 Å². The average Bonchev–Trinajstić information content (AvgIpc) is 1.68. The van der Waals surface area contributed by atoms with Crippen LogP contribution in [0.5, 0.6) is 0 Å². The maximum atomic E-state index is 2.61. The smallest absolute Gasteiger partial charge is 0.0464 e. The highest BCUT2D eigenvalue weighted by atomic mass is 15.1. The van der Waals surface area contributed by atoms with Crippen LogP contribution in [-0.2, 0) is 25.7 Å². The zero-order valence-corrected chi connectivity index (χ0v) is 53.0. The third kappa shape index (κ3) is 14.5. The van der Waals surface area contributed by atoms with E-state index >= 15 is 0 Å². The lowest BCUT2D eigenvalue weighted by Crippen LogP contribution is -2.10. The van der Waals surface area contributed by atoms with Crippen molar-refractivity contribution in [3.05, 3.63) is 288 Å². The van der Waals surface area contributed by atoms with Gasteiger partial charge in [-0.1, -0.05) is 261 Å². The molecule has 88 heavy (non-hydrogen) atoms. The largest absolute Gasteiger partial charge is 0.310 e. The van der Waals surface area contributed by atoms with E-state index in [2.05, 4.69) is 306 Å². The molecule has 0 aliphatic carbocycles. The number of anilines is 6. The van der Waals surface area contributed by atoms with Gasteiger partial charge in [-0.3, -0.25) is 0 Å². The predicted molar refractivity (Wildman–Crippen MR) is 382 cm³/mol. The Morgan fingerprint density at radius 3 is 0.795 bits per heavy atom. The van der Waals surface area contributed by atoms with Gasteiger partial charge in [-0.2, -0.15) is 0 Å². The highest BCUT2D eigenvalue weighted by Gasteiger charge is 2.21. The fourth-order valence-corrected chi connectivity index (χ4v) is 12.9. The molecule has 0 fully saturated rings. The number of aryl methyl sites for hydroxylation is 6. The topological polar surface area (TPSA) is 6.48 Å². The van der Waals surface area contributed by atoms with Gasteiger partial charge in [-0.15, -0.1) is 0 Å². The lowest BCUT2D eigenvalue weighted by atomic mass is 9.84. The number of rotatable bonds is 26. The summed E-state index contributed by atoms with van der Waals surface area (Å²) >= 11 is 0. The Bertz CT molecular complexity index is 3710. The van der Waals surface area contributed by atoms with E-state index in [4.69, 9.17) is 0 Å². The van der Waals surface area contributed by atoms with Crippen LogP contribution in [0.4, 0.5) is 34.1 Å². The van der Waals surface area contributed by atoms with Crippen LogP contribution in [0.15, 0.2) is 255 Å². The molecule has 2 heteroatoms. The van der Waals surface area contributed by atoms with Crippen molar-refractivity contribution in [2.45, 2.75) is 131 Å². The van der Waals surface area contributed by atoms with Crippen molar-refractivity contribution in [1.29, 1.82) is 0 Å². The van der Waals surface area contributed by atoms with Crippen molar-refractivity contribution in [3.8, 4) is 66.8 Å². The maximum Gasteiger partial charge on any atom is 0.0464 e. The summed E-state index contributed by atoms with van der Waals surface area (Å²) in [4.78, 5) is 4.87. The standard InChI is InChI=1S/C86H88N2/c1-7-11-13-17-29-75-61-86(84-58-56-82(60-64(84)6)88(78-49-41-72(42-50-78)68-27-21-16-22-28-68)80-53-45-74(46-54-80)70-37-33-66(24-10-4)34-38-70)76(30-18-14-12-8-2)62-85(75)83-57-55-81(59-63(83)5)87(77-47-39-71(40-48-77)67-25-19-15-20-26-67)79-51-43-73(44-52-79)69-35-31-65(23-9-3)32-36-69/h15-16,19-22,25-28,31-62H,7-14,17-18,23-24,29-30H2,1-6H3. The van der Waals surface area contributed by atoms with Crippen LogP contribution in [0.25, 0.3) is 66.8 Å². The van der Waals surface area contributed by atoms with Gasteiger partial charge in [-0.05, 0) is 225 Å². The molecule has 11 rings (SSSR count). The normalized spacial score (nSPS) is 11.2. The minimum Gasteiger partial charge on any atom is -0.310 e. The fourth-order valence-electron chi connectivity index (χ4n) is 12.9. The SMILES string of the molecule is CCCCCCc1cc(-c2ccc(N(c3ccc(-c4ccccc4)cc3)c3ccc(-c4ccc(CCC)cc4)cc3)cc2C)c(CCCCCC)cc1-c1ccc(N(c2ccc(-c3ccccc3)cc2)c2ccc(-c3ccc(CCC)cc3)cc2)cc1C. The van der Waals surface area contributed by atoms with E-state index < -0.39 is 0 Å². The van der Waals surface area contributed by atoms with E-state index in [0.717, 1.165) is 85.5 Å². The minimum atomic E-state index is 1.04.